The zero-order valence-electron chi connectivity index (χ0n) is 8.37. The molecule has 15 heavy (non-hydrogen) atoms. The molecule has 1 radical (unpaired) electrons. The molecule has 1 aromatic rings. The van der Waals surface area contributed by atoms with Gasteiger partial charge in [0.2, 0.25) is 0 Å². The molecule has 2 heterocycles. The van der Waals surface area contributed by atoms with Crippen molar-refractivity contribution in [3.05, 3.63) is 34.6 Å². The van der Waals surface area contributed by atoms with E-state index < -0.39 is 0 Å². The molecular formula is C11H11ClNOY-. The SMILES string of the molecule is Clc1[c-]cc(C=C2CCOCC2)cn1.[Y]. The zero-order chi connectivity index (χ0) is 9.80. The summed E-state index contributed by atoms with van der Waals surface area (Å²) >= 11 is 5.65. The summed E-state index contributed by atoms with van der Waals surface area (Å²) in [6.45, 7) is 1.66. The summed E-state index contributed by atoms with van der Waals surface area (Å²) in [5.74, 6) is 0. The molecule has 1 aliphatic rings. The third kappa shape index (κ3) is 4.32. The van der Waals surface area contributed by atoms with Gasteiger partial charge in [-0.15, -0.1) is 6.08 Å². The van der Waals surface area contributed by atoms with E-state index in [-0.39, 0.29) is 32.7 Å². The summed E-state index contributed by atoms with van der Waals surface area (Å²) in [5, 5.41) is 0.416. The molecule has 0 unspecified atom stereocenters. The van der Waals surface area contributed by atoms with Crippen LogP contribution in [-0.2, 0) is 37.4 Å². The number of ether oxygens (including phenoxy) is 1. The van der Waals surface area contributed by atoms with Crippen LogP contribution in [0.4, 0.5) is 0 Å². The van der Waals surface area contributed by atoms with Crippen LogP contribution in [0.15, 0.2) is 17.8 Å². The molecule has 0 saturated carbocycles. The minimum absolute atomic E-state index is 0. The van der Waals surface area contributed by atoms with Crippen LogP contribution in [0, 0.1) is 6.07 Å². The van der Waals surface area contributed by atoms with Gasteiger partial charge in [0.05, 0.1) is 13.2 Å². The van der Waals surface area contributed by atoms with Crippen LogP contribution in [0.5, 0.6) is 0 Å². The molecule has 1 fully saturated rings. The molecule has 0 amide bonds. The maximum Gasteiger partial charge on any atom is 0.0502 e. The fourth-order valence-corrected chi connectivity index (χ4v) is 1.54. The Morgan fingerprint density at radius 3 is 2.73 bits per heavy atom. The second kappa shape index (κ2) is 6.75. The van der Waals surface area contributed by atoms with E-state index in [0.717, 1.165) is 31.6 Å². The van der Waals surface area contributed by atoms with Gasteiger partial charge in [0.25, 0.3) is 0 Å². The van der Waals surface area contributed by atoms with E-state index in [0.29, 0.717) is 5.15 Å². The molecule has 1 aromatic heterocycles. The Balaban J connectivity index is 0.00000112. The van der Waals surface area contributed by atoms with E-state index in [1.165, 1.54) is 5.57 Å². The van der Waals surface area contributed by atoms with Gasteiger partial charge < -0.3 is 4.74 Å². The number of pyridine rings is 1. The van der Waals surface area contributed by atoms with Crippen molar-refractivity contribution in [3.8, 4) is 0 Å². The first-order valence-electron chi connectivity index (χ1n) is 4.65. The molecule has 1 saturated heterocycles. The predicted molar refractivity (Wildman–Crippen MR) is 56.1 cm³/mol. The molecule has 77 valence electrons. The summed E-state index contributed by atoms with van der Waals surface area (Å²) < 4.78 is 5.27. The Morgan fingerprint density at radius 1 is 1.40 bits per heavy atom. The van der Waals surface area contributed by atoms with Crippen LogP contribution in [0.2, 0.25) is 5.15 Å². The van der Waals surface area contributed by atoms with E-state index in [1.54, 1.807) is 6.20 Å². The Labute approximate surface area is 120 Å². The average Bonchev–Trinajstić information content (AvgIpc) is 2.23. The van der Waals surface area contributed by atoms with Crippen molar-refractivity contribution in [2.45, 2.75) is 12.8 Å². The van der Waals surface area contributed by atoms with Crippen molar-refractivity contribution in [2.24, 2.45) is 0 Å². The molecule has 0 aromatic carbocycles. The first kappa shape index (κ1) is 13.3. The van der Waals surface area contributed by atoms with Gasteiger partial charge in [-0.1, -0.05) is 17.2 Å². The summed E-state index contributed by atoms with van der Waals surface area (Å²) in [6.07, 6.45) is 5.94. The molecule has 0 atom stereocenters. The van der Waals surface area contributed by atoms with Crippen molar-refractivity contribution < 1.29 is 37.4 Å². The monoisotopic (exact) mass is 297 g/mol. The van der Waals surface area contributed by atoms with Crippen LogP contribution in [0.25, 0.3) is 6.08 Å². The first-order valence-corrected chi connectivity index (χ1v) is 5.03. The normalized spacial score (nSPS) is 15.7. The maximum atomic E-state index is 5.65. The second-order valence-electron chi connectivity index (χ2n) is 3.25. The number of halogens is 1. The van der Waals surface area contributed by atoms with Crippen molar-refractivity contribution in [2.75, 3.05) is 13.2 Å². The van der Waals surface area contributed by atoms with Crippen LogP contribution in [0.3, 0.4) is 0 Å². The zero-order valence-corrected chi connectivity index (χ0v) is 12.0. The van der Waals surface area contributed by atoms with Gasteiger partial charge in [-0.25, -0.2) is 12.1 Å². The van der Waals surface area contributed by atoms with Crippen LogP contribution in [0.1, 0.15) is 18.4 Å². The van der Waals surface area contributed by atoms with Crippen LogP contribution < -0.4 is 0 Å². The maximum absolute atomic E-state index is 5.65. The largest absolute Gasteiger partial charge is 0.381 e. The van der Waals surface area contributed by atoms with Crippen molar-refractivity contribution in [1.82, 2.24) is 4.98 Å². The quantitative estimate of drug-likeness (QED) is 0.587. The average molecular weight is 298 g/mol. The molecular weight excluding hydrogens is 286 g/mol. The van der Waals surface area contributed by atoms with Gasteiger partial charge in [-0.3, -0.25) is 4.98 Å². The number of hydrogen-bond donors (Lipinski definition) is 0. The molecule has 4 heteroatoms. The minimum Gasteiger partial charge on any atom is -0.381 e. The molecule has 0 bridgehead atoms. The third-order valence-electron chi connectivity index (χ3n) is 2.19. The summed E-state index contributed by atoms with van der Waals surface area (Å²) in [7, 11) is 0. The van der Waals surface area contributed by atoms with Gasteiger partial charge >= 0.3 is 0 Å². The fourth-order valence-electron chi connectivity index (χ4n) is 1.44. The predicted octanol–water partition coefficient (Wildman–Crippen LogP) is 2.73. The number of rotatable bonds is 1. The van der Waals surface area contributed by atoms with Gasteiger partial charge in [-0.05, 0) is 19.0 Å². The summed E-state index contributed by atoms with van der Waals surface area (Å²) in [5.41, 5.74) is 2.47. The minimum atomic E-state index is 0. The van der Waals surface area contributed by atoms with E-state index >= 15 is 0 Å². The molecule has 0 aliphatic carbocycles. The molecule has 1 aliphatic heterocycles. The van der Waals surface area contributed by atoms with Gasteiger partial charge in [0.15, 0.2) is 0 Å². The Hall–Kier alpha value is 0.244. The van der Waals surface area contributed by atoms with E-state index in [9.17, 15) is 0 Å². The molecule has 0 N–H and O–H groups in total. The van der Waals surface area contributed by atoms with Crippen molar-refractivity contribution >= 4 is 17.7 Å². The van der Waals surface area contributed by atoms with Gasteiger partial charge in [0.1, 0.15) is 0 Å². The summed E-state index contributed by atoms with van der Waals surface area (Å²) in [6, 6.07) is 4.73. The number of nitrogens with zero attached hydrogens (tertiary/aromatic N) is 1. The Kier molecular flexibility index (Phi) is 5.99. The number of hydrogen-bond acceptors (Lipinski definition) is 2. The van der Waals surface area contributed by atoms with Crippen molar-refractivity contribution in [1.29, 1.82) is 0 Å². The Morgan fingerprint density at radius 2 is 2.13 bits per heavy atom. The molecule has 2 nitrogen and oxygen atoms in total. The Bertz CT molecular complexity index is 329. The first-order chi connectivity index (χ1) is 6.84. The smallest absolute Gasteiger partial charge is 0.0502 e. The van der Waals surface area contributed by atoms with Gasteiger partial charge in [0, 0.05) is 37.9 Å². The van der Waals surface area contributed by atoms with E-state index in [2.05, 4.69) is 17.1 Å². The molecule has 0 spiro atoms. The molecule has 2 rings (SSSR count). The van der Waals surface area contributed by atoms with Crippen molar-refractivity contribution in [3.63, 3.8) is 0 Å². The standard InChI is InChI=1S/C11H11ClNO.Y/c12-11-2-1-10(8-13-11)7-9-3-5-14-6-4-9;/h1,7-8H,3-6H2;/q-1;. The topological polar surface area (TPSA) is 22.1 Å². The summed E-state index contributed by atoms with van der Waals surface area (Å²) in [4.78, 5) is 3.98. The van der Waals surface area contributed by atoms with Gasteiger partial charge in [-0.2, -0.15) is 5.56 Å². The van der Waals surface area contributed by atoms with Crippen LogP contribution in [-0.4, -0.2) is 18.2 Å². The fraction of sp³-hybridized carbons (Fsp3) is 0.364. The van der Waals surface area contributed by atoms with E-state index in [1.807, 2.05) is 6.07 Å². The van der Waals surface area contributed by atoms with E-state index in [4.69, 9.17) is 16.3 Å². The second-order valence-corrected chi connectivity index (χ2v) is 3.61. The number of aromatic nitrogens is 1. The third-order valence-corrected chi connectivity index (χ3v) is 2.40. The van der Waals surface area contributed by atoms with Crippen LogP contribution >= 0.6 is 11.6 Å².